The van der Waals surface area contributed by atoms with Gasteiger partial charge in [0.05, 0.1) is 6.04 Å². The lowest BCUT2D eigenvalue weighted by Gasteiger charge is -2.28. The Morgan fingerprint density at radius 3 is 1.80 bits per heavy atom. The van der Waals surface area contributed by atoms with Gasteiger partial charge in [-0.15, -0.1) is 0 Å². The van der Waals surface area contributed by atoms with E-state index in [1.165, 1.54) is 0 Å². The number of benzene rings is 2. The Labute approximate surface area is 236 Å². The number of aliphatic carboxylic acids is 1. The number of carbonyl (C=O) groups excluding carboxylic acids is 3. The quantitative estimate of drug-likeness (QED) is 0.161. The molecule has 0 aliphatic heterocycles. The van der Waals surface area contributed by atoms with E-state index in [1.54, 1.807) is 31.2 Å². The molecule has 0 saturated carbocycles. The molecule has 2 rings (SSSR count). The maximum atomic E-state index is 13.5. The monoisotopic (exact) mass is 553 g/mol. The zero-order valence-corrected chi connectivity index (χ0v) is 23.3. The molecule has 0 spiro atoms. The molecule has 218 valence electrons. The van der Waals surface area contributed by atoms with Crippen LogP contribution in [0.25, 0.3) is 0 Å². The fraction of sp³-hybridized carbons (Fsp3) is 0.467. The van der Waals surface area contributed by atoms with Gasteiger partial charge in [0.1, 0.15) is 18.1 Å². The van der Waals surface area contributed by atoms with Gasteiger partial charge in [-0.25, -0.2) is 4.79 Å². The molecule has 40 heavy (non-hydrogen) atoms. The van der Waals surface area contributed by atoms with E-state index in [0.717, 1.165) is 17.5 Å². The van der Waals surface area contributed by atoms with Gasteiger partial charge in [-0.05, 0) is 36.4 Å². The Kier molecular flexibility index (Phi) is 13.8. The van der Waals surface area contributed by atoms with Gasteiger partial charge in [0.25, 0.3) is 0 Å². The molecule has 5 atom stereocenters. The molecule has 2 aromatic rings. The largest absolute Gasteiger partial charge is 0.480 e. The zero-order valence-electron chi connectivity index (χ0n) is 23.3. The Hall–Kier alpha value is -3.76. The van der Waals surface area contributed by atoms with E-state index in [4.69, 9.17) is 11.5 Å². The number of rotatable bonds is 17. The van der Waals surface area contributed by atoms with Crippen LogP contribution in [0.3, 0.4) is 0 Å². The highest BCUT2D eigenvalue weighted by Crippen LogP contribution is 2.12. The fourth-order valence-electron chi connectivity index (χ4n) is 4.24. The minimum absolute atomic E-state index is 0.0951. The van der Waals surface area contributed by atoms with Gasteiger partial charge in [0, 0.05) is 12.8 Å². The third kappa shape index (κ3) is 10.8. The standard InChI is InChI=1S/C30H43N5O5/c1-3-20(2)26(29(38)34-25(30(39)40)19-22-14-8-5-9-15-22)35-28(37)24(18-21-12-6-4-7-13-21)33-27(36)23(32)16-10-11-17-31/h4-9,12-15,20,23-26H,3,10-11,16-19,31-32H2,1-2H3,(H,33,36)(H,34,38)(H,35,37)(H,39,40). The molecule has 10 nitrogen and oxygen atoms in total. The van der Waals surface area contributed by atoms with Crippen molar-refractivity contribution in [3.05, 3.63) is 71.8 Å². The lowest BCUT2D eigenvalue weighted by molar-refractivity contribution is -0.142. The van der Waals surface area contributed by atoms with Crippen molar-refractivity contribution >= 4 is 23.7 Å². The van der Waals surface area contributed by atoms with Gasteiger partial charge in [-0.3, -0.25) is 14.4 Å². The van der Waals surface area contributed by atoms with Gasteiger partial charge in [0.15, 0.2) is 0 Å². The molecule has 0 fully saturated rings. The molecule has 3 amide bonds. The van der Waals surface area contributed by atoms with Gasteiger partial charge < -0.3 is 32.5 Å². The van der Waals surface area contributed by atoms with Gasteiger partial charge in [-0.1, -0.05) is 87.4 Å². The molecular formula is C30H43N5O5. The molecule has 5 unspecified atom stereocenters. The molecule has 0 aliphatic carbocycles. The van der Waals surface area contributed by atoms with Crippen LogP contribution in [0, 0.1) is 5.92 Å². The molecule has 10 heteroatoms. The molecule has 0 heterocycles. The van der Waals surface area contributed by atoms with Crippen LogP contribution in [-0.2, 0) is 32.0 Å². The first-order valence-electron chi connectivity index (χ1n) is 13.8. The summed E-state index contributed by atoms with van der Waals surface area (Å²) >= 11 is 0. The first-order chi connectivity index (χ1) is 19.2. The Morgan fingerprint density at radius 2 is 1.30 bits per heavy atom. The minimum Gasteiger partial charge on any atom is -0.480 e. The summed E-state index contributed by atoms with van der Waals surface area (Å²) in [5.74, 6) is -3.10. The topological polar surface area (TPSA) is 177 Å². The fourth-order valence-corrected chi connectivity index (χ4v) is 4.24. The molecule has 0 radical (unpaired) electrons. The Balaban J connectivity index is 2.20. The average molecular weight is 554 g/mol. The summed E-state index contributed by atoms with van der Waals surface area (Å²) in [6.07, 6.45) is 2.69. The average Bonchev–Trinajstić information content (AvgIpc) is 2.95. The molecule has 0 aliphatic rings. The molecule has 8 N–H and O–H groups in total. The summed E-state index contributed by atoms with van der Waals surface area (Å²) in [5.41, 5.74) is 13.2. The van der Waals surface area contributed by atoms with Crippen molar-refractivity contribution in [2.45, 2.75) is 76.5 Å². The smallest absolute Gasteiger partial charge is 0.326 e. The lowest BCUT2D eigenvalue weighted by atomic mass is 9.96. The van der Waals surface area contributed by atoms with E-state index < -0.39 is 47.9 Å². The summed E-state index contributed by atoms with van der Waals surface area (Å²) < 4.78 is 0. The van der Waals surface area contributed by atoms with Gasteiger partial charge in [-0.2, -0.15) is 0 Å². The number of carboxylic acids is 1. The molecule has 0 aromatic heterocycles. The molecule has 2 aromatic carbocycles. The number of amides is 3. The number of carboxylic acid groups (broad SMARTS) is 1. The number of carbonyl (C=O) groups is 4. The van der Waals surface area contributed by atoms with E-state index in [1.807, 2.05) is 43.3 Å². The lowest BCUT2D eigenvalue weighted by Crippen LogP contribution is -2.59. The summed E-state index contributed by atoms with van der Waals surface area (Å²) in [5, 5.41) is 17.9. The number of unbranched alkanes of at least 4 members (excludes halogenated alkanes) is 1. The summed E-state index contributed by atoms with van der Waals surface area (Å²) in [7, 11) is 0. The third-order valence-electron chi connectivity index (χ3n) is 6.91. The highest BCUT2D eigenvalue weighted by molar-refractivity contribution is 5.94. The van der Waals surface area contributed by atoms with E-state index in [9.17, 15) is 24.3 Å². The van der Waals surface area contributed by atoms with Crippen LogP contribution in [0.2, 0.25) is 0 Å². The van der Waals surface area contributed by atoms with E-state index >= 15 is 0 Å². The highest BCUT2D eigenvalue weighted by atomic mass is 16.4. The van der Waals surface area contributed by atoms with Crippen LogP contribution in [0.15, 0.2) is 60.7 Å². The van der Waals surface area contributed by atoms with Crippen LogP contribution in [0.4, 0.5) is 0 Å². The van der Waals surface area contributed by atoms with E-state index in [2.05, 4.69) is 16.0 Å². The van der Waals surface area contributed by atoms with Crippen molar-refractivity contribution < 1.29 is 24.3 Å². The second kappa shape index (κ2) is 17.0. The number of hydrogen-bond acceptors (Lipinski definition) is 6. The van der Waals surface area contributed by atoms with Crippen molar-refractivity contribution in [1.82, 2.24) is 16.0 Å². The van der Waals surface area contributed by atoms with E-state index in [-0.39, 0.29) is 18.8 Å². The number of nitrogens with two attached hydrogens (primary N) is 2. The van der Waals surface area contributed by atoms with Gasteiger partial charge in [0.2, 0.25) is 17.7 Å². The van der Waals surface area contributed by atoms with Crippen LogP contribution < -0.4 is 27.4 Å². The highest BCUT2D eigenvalue weighted by Gasteiger charge is 2.33. The van der Waals surface area contributed by atoms with E-state index in [0.29, 0.717) is 25.8 Å². The predicted molar refractivity (Wildman–Crippen MR) is 154 cm³/mol. The third-order valence-corrected chi connectivity index (χ3v) is 6.91. The van der Waals surface area contributed by atoms with Gasteiger partial charge >= 0.3 is 5.97 Å². The van der Waals surface area contributed by atoms with Crippen molar-refractivity contribution in [2.75, 3.05) is 6.54 Å². The normalized spacial score (nSPS) is 14.7. The second-order valence-corrected chi connectivity index (χ2v) is 10.1. The predicted octanol–water partition coefficient (Wildman–Crippen LogP) is 1.51. The summed E-state index contributed by atoms with van der Waals surface area (Å²) in [4.78, 5) is 51.7. The minimum atomic E-state index is -1.18. The van der Waals surface area contributed by atoms with Crippen molar-refractivity contribution in [3.63, 3.8) is 0 Å². The number of nitrogens with one attached hydrogen (secondary N) is 3. The van der Waals surface area contributed by atoms with Crippen LogP contribution >= 0.6 is 0 Å². The summed E-state index contributed by atoms with van der Waals surface area (Å²) in [6, 6.07) is 14.2. The molecule has 0 bridgehead atoms. The van der Waals surface area contributed by atoms with Crippen molar-refractivity contribution in [1.29, 1.82) is 0 Å². The summed E-state index contributed by atoms with van der Waals surface area (Å²) in [6.45, 7) is 4.18. The van der Waals surface area contributed by atoms with Crippen molar-refractivity contribution in [3.8, 4) is 0 Å². The maximum absolute atomic E-state index is 13.5. The van der Waals surface area contributed by atoms with Crippen LogP contribution in [-0.4, -0.2) is 59.5 Å². The van der Waals surface area contributed by atoms with Crippen molar-refractivity contribution in [2.24, 2.45) is 17.4 Å². The zero-order chi connectivity index (χ0) is 29.5. The number of hydrogen-bond donors (Lipinski definition) is 6. The Morgan fingerprint density at radius 1 is 0.775 bits per heavy atom. The SMILES string of the molecule is CCC(C)C(NC(=O)C(Cc1ccccc1)NC(=O)C(N)CCCCN)C(=O)NC(Cc1ccccc1)C(=O)O. The van der Waals surface area contributed by atoms with Crippen LogP contribution in [0.5, 0.6) is 0 Å². The maximum Gasteiger partial charge on any atom is 0.326 e. The second-order valence-electron chi connectivity index (χ2n) is 10.1. The van der Waals surface area contributed by atoms with Crippen LogP contribution in [0.1, 0.15) is 50.7 Å². The first kappa shape index (κ1) is 32.5. The molecule has 0 saturated heterocycles. The Bertz CT molecular complexity index is 1080. The molecular weight excluding hydrogens is 510 g/mol. The first-order valence-corrected chi connectivity index (χ1v) is 13.8.